The minimum Gasteiger partial charge on any atom is -0.363 e. The number of nitrogens with zero attached hydrogens (tertiary/aromatic N) is 4. The number of carbonyl (C=O) groups excluding carboxylic acids is 1. The van der Waals surface area contributed by atoms with Crippen LogP contribution < -0.4 is 10.3 Å². The van der Waals surface area contributed by atoms with Crippen LogP contribution in [0.3, 0.4) is 0 Å². The van der Waals surface area contributed by atoms with E-state index < -0.39 is 11.6 Å². The van der Waals surface area contributed by atoms with Crippen molar-refractivity contribution in [1.82, 2.24) is 19.8 Å². The SMILES string of the molecule is O=C(NN1CCCCC1)c1cnc2ccc(N3CCC[C@@H]3c3cc(F)ccc3F)cn12. The van der Waals surface area contributed by atoms with Crippen molar-refractivity contribution >= 4 is 17.2 Å². The van der Waals surface area contributed by atoms with E-state index in [1.807, 2.05) is 23.3 Å². The molecule has 31 heavy (non-hydrogen) atoms. The first-order valence-electron chi connectivity index (χ1n) is 10.8. The van der Waals surface area contributed by atoms with Crippen LogP contribution in [0.1, 0.15) is 54.2 Å². The van der Waals surface area contributed by atoms with Crippen LogP contribution in [0.2, 0.25) is 0 Å². The number of rotatable bonds is 4. The van der Waals surface area contributed by atoms with E-state index in [0.29, 0.717) is 16.9 Å². The fraction of sp³-hybridized carbons (Fsp3) is 0.391. The summed E-state index contributed by atoms with van der Waals surface area (Å²) in [4.78, 5) is 19.3. The topological polar surface area (TPSA) is 52.9 Å². The summed E-state index contributed by atoms with van der Waals surface area (Å²) in [5, 5.41) is 1.96. The van der Waals surface area contributed by atoms with Crippen LogP contribution in [-0.2, 0) is 0 Å². The number of pyridine rings is 1. The van der Waals surface area contributed by atoms with Gasteiger partial charge in [-0.25, -0.2) is 18.8 Å². The number of fused-ring (bicyclic) bond motifs is 1. The Kier molecular flexibility index (Phi) is 5.31. The predicted molar refractivity (Wildman–Crippen MR) is 114 cm³/mol. The van der Waals surface area contributed by atoms with E-state index in [1.165, 1.54) is 18.6 Å². The van der Waals surface area contributed by atoms with E-state index in [0.717, 1.165) is 57.1 Å². The van der Waals surface area contributed by atoms with Gasteiger partial charge < -0.3 is 4.90 Å². The Morgan fingerprint density at radius 2 is 1.87 bits per heavy atom. The third-order valence-corrected chi connectivity index (χ3v) is 6.24. The second-order valence-corrected chi connectivity index (χ2v) is 8.26. The molecule has 2 saturated heterocycles. The molecule has 6 nitrogen and oxygen atoms in total. The van der Waals surface area contributed by atoms with Crippen molar-refractivity contribution in [3.05, 3.63) is 65.6 Å². The minimum atomic E-state index is -0.440. The average molecular weight is 425 g/mol. The zero-order valence-corrected chi connectivity index (χ0v) is 17.2. The Balaban J connectivity index is 1.44. The number of aromatic nitrogens is 2. The maximum Gasteiger partial charge on any atom is 0.284 e. The largest absolute Gasteiger partial charge is 0.363 e. The molecule has 0 radical (unpaired) electrons. The molecular formula is C23H25F2N5O. The number of anilines is 1. The van der Waals surface area contributed by atoms with Gasteiger partial charge in [0.1, 0.15) is 23.0 Å². The lowest BCUT2D eigenvalue weighted by Gasteiger charge is -2.28. The van der Waals surface area contributed by atoms with Crippen LogP contribution in [0, 0.1) is 11.6 Å². The van der Waals surface area contributed by atoms with Crippen LogP contribution in [0.25, 0.3) is 5.65 Å². The van der Waals surface area contributed by atoms with Crippen molar-refractivity contribution in [3.8, 4) is 0 Å². The quantitative estimate of drug-likeness (QED) is 0.684. The highest BCUT2D eigenvalue weighted by molar-refractivity contribution is 5.93. The van der Waals surface area contributed by atoms with Crippen molar-refractivity contribution in [3.63, 3.8) is 0 Å². The molecule has 0 aliphatic carbocycles. The summed E-state index contributed by atoms with van der Waals surface area (Å²) < 4.78 is 30.0. The molecule has 0 bridgehead atoms. The van der Waals surface area contributed by atoms with Crippen LogP contribution in [-0.4, -0.2) is 39.9 Å². The average Bonchev–Trinajstić information content (AvgIpc) is 3.43. The molecule has 2 aliphatic heterocycles. The van der Waals surface area contributed by atoms with E-state index in [9.17, 15) is 13.6 Å². The number of hydrazine groups is 1. The van der Waals surface area contributed by atoms with Gasteiger partial charge in [0, 0.05) is 31.4 Å². The maximum atomic E-state index is 14.4. The Morgan fingerprint density at radius 1 is 1.03 bits per heavy atom. The number of nitrogens with one attached hydrogen (secondary N) is 1. The third kappa shape index (κ3) is 3.87. The summed E-state index contributed by atoms with van der Waals surface area (Å²) in [5.74, 6) is -1.03. The summed E-state index contributed by atoms with van der Waals surface area (Å²) in [6.45, 7) is 2.43. The van der Waals surface area contributed by atoms with Gasteiger partial charge in [0.05, 0.1) is 17.9 Å². The van der Waals surface area contributed by atoms with Crippen molar-refractivity contribution < 1.29 is 13.6 Å². The van der Waals surface area contributed by atoms with E-state index in [2.05, 4.69) is 15.3 Å². The van der Waals surface area contributed by atoms with Gasteiger partial charge in [0.15, 0.2) is 0 Å². The number of imidazole rings is 1. The zero-order valence-electron chi connectivity index (χ0n) is 17.2. The van der Waals surface area contributed by atoms with Crippen molar-refractivity contribution in [2.45, 2.75) is 38.1 Å². The lowest BCUT2D eigenvalue weighted by molar-refractivity contribution is 0.0744. The highest BCUT2D eigenvalue weighted by Crippen LogP contribution is 2.37. The molecule has 8 heteroatoms. The molecule has 1 atom stereocenters. The Labute approximate surface area is 179 Å². The van der Waals surface area contributed by atoms with Crippen LogP contribution in [0.15, 0.2) is 42.7 Å². The first-order chi connectivity index (χ1) is 15.1. The highest BCUT2D eigenvalue weighted by Gasteiger charge is 2.29. The molecule has 3 aromatic rings. The second-order valence-electron chi connectivity index (χ2n) is 8.26. The molecule has 162 valence electrons. The molecule has 2 aliphatic rings. The summed E-state index contributed by atoms with van der Waals surface area (Å²) in [5.41, 5.74) is 5.32. The molecule has 0 unspecified atom stereocenters. The molecule has 0 saturated carbocycles. The standard InChI is InChI=1S/C23H25F2N5O/c24-16-6-8-19(25)18(13-16)20-5-4-12-29(20)17-7-9-22-26-14-21(30(22)15-17)23(31)27-28-10-2-1-3-11-28/h6-9,13-15,20H,1-5,10-12H2,(H,27,31)/t20-/m1/s1. The second kappa shape index (κ2) is 8.26. The first-order valence-corrected chi connectivity index (χ1v) is 10.8. The van der Waals surface area contributed by atoms with Gasteiger partial charge in [0.2, 0.25) is 0 Å². The van der Waals surface area contributed by atoms with Gasteiger partial charge in [-0.1, -0.05) is 6.42 Å². The van der Waals surface area contributed by atoms with Crippen molar-refractivity contribution in [1.29, 1.82) is 0 Å². The van der Waals surface area contributed by atoms with Gasteiger partial charge in [-0.15, -0.1) is 0 Å². The van der Waals surface area contributed by atoms with Crippen LogP contribution in [0.5, 0.6) is 0 Å². The van der Waals surface area contributed by atoms with E-state index >= 15 is 0 Å². The normalized spacial score (nSPS) is 19.8. The van der Waals surface area contributed by atoms with Crippen LogP contribution in [0.4, 0.5) is 14.5 Å². The summed E-state index contributed by atoms with van der Waals surface area (Å²) in [6, 6.07) is 7.13. The lowest BCUT2D eigenvalue weighted by Crippen LogP contribution is -2.45. The van der Waals surface area contributed by atoms with Gasteiger partial charge in [-0.2, -0.15) is 0 Å². The fourth-order valence-corrected chi connectivity index (χ4v) is 4.68. The summed E-state index contributed by atoms with van der Waals surface area (Å²) in [6.07, 6.45) is 8.40. The Hall–Kier alpha value is -3.00. The molecule has 4 heterocycles. The number of amides is 1. The lowest BCUT2D eigenvalue weighted by atomic mass is 10.0. The molecular weight excluding hydrogens is 400 g/mol. The molecule has 2 fully saturated rings. The van der Waals surface area contributed by atoms with Gasteiger partial charge >= 0.3 is 0 Å². The maximum absolute atomic E-state index is 14.4. The Bertz CT molecular complexity index is 1110. The number of carbonyl (C=O) groups is 1. The number of hydrogen-bond donors (Lipinski definition) is 1. The van der Waals surface area contributed by atoms with Crippen molar-refractivity contribution in [2.24, 2.45) is 0 Å². The number of halogens is 2. The monoisotopic (exact) mass is 425 g/mol. The smallest absolute Gasteiger partial charge is 0.284 e. The van der Waals surface area contributed by atoms with Gasteiger partial charge in [-0.05, 0) is 56.0 Å². The predicted octanol–water partition coefficient (Wildman–Crippen LogP) is 4.08. The zero-order chi connectivity index (χ0) is 21.4. The first kappa shape index (κ1) is 19.9. The van der Waals surface area contributed by atoms with Gasteiger partial charge in [-0.3, -0.25) is 14.6 Å². The summed E-state index contributed by atoms with van der Waals surface area (Å²) in [7, 11) is 0. The number of hydrogen-bond acceptors (Lipinski definition) is 4. The molecule has 2 aromatic heterocycles. The molecule has 1 N–H and O–H groups in total. The van der Waals surface area contributed by atoms with E-state index in [-0.39, 0.29) is 11.9 Å². The van der Waals surface area contributed by atoms with Crippen LogP contribution >= 0.6 is 0 Å². The van der Waals surface area contributed by atoms with Crippen molar-refractivity contribution in [2.75, 3.05) is 24.5 Å². The van der Waals surface area contributed by atoms with Gasteiger partial charge in [0.25, 0.3) is 5.91 Å². The Morgan fingerprint density at radius 3 is 2.71 bits per heavy atom. The third-order valence-electron chi connectivity index (χ3n) is 6.24. The van der Waals surface area contributed by atoms with E-state index in [4.69, 9.17) is 0 Å². The molecule has 1 aromatic carbocycles. The minimum absolute atomic E-state index is 0.194. The fourth-order valence-electron chi connectivity index (χ4n) is 4.68. The summed E-state index contributed by atoms with van der Waals surface area (Å²) >= 11 is 0. The molecule has 5 rings (SSSR count). The highest BCUT2D eigenvalue weighted by atomic mass is 19.1. The van der Waals surface area contributed by atoms with E-state index in [1.54, 1.807) is 10.6 Å². The molecule has 1 amide bonds. The number of benzene rings is 1. The number of piperidine rings is 1. The molecule has 0 spiro atoms.